The van der Waals surface area contributed by atoms with Crippen LogP contribution < -0.4 is 9.80 Å². The molecular formula is C23H25ClN2. The van der Waals surface area contributed by atoms with Gasteiger partial charge in [-0.15, -0.1) is 0 Å². The first-order valence-corrected chi connectivity index (χ1v) is 9.14. The fourth-order valence-electron chi connectivity index (χ4n) is 3.19. The lowest BCUT2D eigenvalue weighted by atomic mass is 9.85. The second kappa shape index (κ2) is 7.84. The third-order valence-corrected chi connectivity index (χ3v) is 5.01. The van der Waals surface area contributed by atoms with Crippen LogP contribution in [-0.4, -0.2) is 28.2 Å². The highest BCUT2D eigenvalue weighted by Gasteiger charge is 2.20. The largest absolute Gasteiger partial charge is 0.378 e. The minimum Gasteiger partial charge on any atom is -0.378 e. The lowest BCUT2D eigenvalue weighted by Gasteiger charge is -2.23. The van der Waals surface area contributed by atoms with Crippen LogP contribution in [0.25, 0.3) is 0 Å². The van der Waals surface area contributed by atoms with E-state index in [0.29, 0.717) is 0 Å². The summed E-state index contributed by atoms with van der Waals surface area (Å²) in [5.74, 6) is 0.108. The van der Waals surface area contributed by atoms with E-state index in [1.165, 1.54) is 16.8 Å². The number of anilines is 2. The van der Waals surface area contributed by atoms with Gasteiger partial charge in [-0.25, -0.2) is 0 Å². The third-order valence-electron chi connectivity index (χ3n) is 4.69. The van der Waals surface area contributed by atoms with Gasteiger partial charge in [0.2, 0.25) is 0 Å². The lowest BCUT2D eigenvalue weighted by molar-refractivity contribution is 0.973. The minimum atomic E-state index is 0.108. The second-order valence-corrected chi connectivity index (χ2v) is 7.34. The Labute approximate surface area is 161 Å². The molecule has 3 rings (SSSR count). The number of rotatable bonds is 5. The van der Waals surface area contributed by atoms with E-state index in [4.69, 9.17) is 11.6 Å². The van der Waals surface area contributed by atoms with E-state index >= 15 is 0 Å². The van der Waals surface area contributed by atoms with Crippen molar-refractivity contribution in [2.75, 3.05) is 38.0 Å². The summed E-state index contributed by atoms with van der Waals surface area (Å²) in [5.41, 5.74) is 5.90. The number of hydrogen-bond donors (Lipinski definition) is 0. The van der Waals surface area contributed by atoms with Crippen molar-refractivity contribution in [3.63, 3.8) is 0 Å². The molecule has 0 aliphatic heterocycles. The van der Waals surface area contributed by atoms with E-state index in [2.05, 4.69) is 84.6 Å². The molecule has 1 unspecified atom stereocenters. The zero-order chi connectivity index (χ0) is 18.7. The van der Waals surface area contributed by atoms with Crippen LogP contribution >= 0.6 is 11.6 Å². The Morgan fingerprint density at radius 3 is 1.73 bits per heavy atom. The van der Waals surface area contributed by atoms with Gasteiger partial charge in [-0.05, 0) is 41.0 Å². The van der Waals surface area contributed by atoms with Crippen LogP contribution in [0, 0.1) is 0 Å². The van der Waals surface area contributed by atoms with Crippen molar-refractivity contribution < 1.29 is 0 Å². The first kappa shape index (κ1) is 18.3. The smallest absolute Gasteiger partial charge is 0.0468 e. The van der Waals surface area contributed by atoms with E-state index in [9.17, 15) is 0 Å². The minimum absolute atomic E-state index is 0.108. The van der Waals surface area contributed by atoms with E-state index in [1.807, 2.05) is 26.2 Å². The molecule has 0 saturated heterocycles. The Bertz CT molecular complexity index is 855. The maximum Gasteiger partial charge on any atom is 0.0468 e. The Morgan fingerprint density at radius 1 is 0.654 bits per heavy atom. The van der Waals surface area contributed by atoms with E-state index in [-0.39, 0.29) is 5.92 Å². The van der Waals surface area contributed by atoms with Crippen molar-refractivity contribution in [1.29, 1.82) is 0 Å². The third kappa shape index (κ3) is 3.86. The molecule has 0 heterocycles. The van der Waals surface area contributed by atoms with Crippen molar-refractivity contribution in [1.82, 2.24) is 0 Å². The van der Waals surface area contributed by atoms with Gasteiger partial charge in [0.25, 0.3) is 0 Å². The normalized spacial score (nSPS) is 11.9. The van der Waals surface area contributed by atoms with Crippen LogP contribution in [0.5, 0.6) is 0 Å². The molecule has 3 aromatic rings. The van der Waals surface area contributed by atoms with Crippen molar-refractivity contribution in [3.05, 3.63) is 94.5 Å². The zero-order valence-corrected chi connectivity index (χ0v) is 16.5. The van der Waals surface area contributed by atoms with Gasteiger partial charge in [0.05, 0.1) is 0 Å². The summed E-state index contributed by atoms with van der Waals surface area (Å²) in [5, 5.41) is 0.793. The molecule has 0 aliphatic rings. The van der Waals surface area contributed by atoms with Gasteiger partial charge in [0.15, 0.2) is 0 Å². The summed E-state index contributed by atoms with van der Waals surface area (Å²) >= 11 is 6.71. The SMILES string of the molecule is CN(C)c1ccc(C(c2ccccc2)c2ccc(N(C)C)cc2Cl)cc1. The van der Waals surface area contributed by atoms with Crippen molar-refractivity contribution in [3.8, 4) is 0 Å². The summed E-state index contributed by atoms with van der Waals surface area (Å²) in [6, 6.07) is 25.6. The molecule has 0 saturated carbocycles. The quantitative estimate of drug-likeness (QED) is 0.539. The molecule has 2 nitrogen and oxygen atoms in total. The van der Waals surface area contributed by atoms with E-state index < -0.39 is 0 Å². The Balaban J connectivity index is 2.10. The topological polar surface area (TPSA) is 6.48 Å². The second-order valence-electron chi connectivity index (χ2n) is 6.93. The standard InChI is InChI=1S/C23H25ClN2/c1-25(2)19-12-10-18(11-13-19)23(17-8-6-5-7-9-17)21-15-14-20(26(3)4)16-22(21)24/h5-16,23H,1-4H3. The molecule has 0 fully saturated rings. The Hall–Kier alpha value is -2.45. The van der Waals surface area contributed by atoms with Crippen LogP contribution in [0.2, 0.25) is 5.02 Å². The molecule has 0 radical (unpaired) electrons. The van der Waals surface area contributed by atoms with Crippen LogP contribution in [0.15, 0.2) is 72.8 Å². The number of nitrogens with zero attached hydrogens (tertiary/aromatic N) is 2. The highest BCUT2D eigenvalue weighted by molar-refractivity contribution is 6.31. The predicted octanol–water partition coefficient (Wildman–Crippen LogP) is 5.65. The lowest BCUT2D eigenvalue weighted by Crippen LogP contribution is -2.10. The summed E-state index contributed by atoms with van der Waals surface area (Å²) in [7, 11) is 8.17. The van der Waals surface area contributed by atoms with Gasteiger partial charge in [-0.1, -0.05) is 60.1 Å². The molecule has 0 N–H and O–H groups in total. The first-order chi connectivity index (χ1) is 12.5. The summed E-state index contributed by atoms with van der Waals surface area (Å²) in [6.07, 6.45) is 0. The van der Waals surface area contributed by atoms with E-state index in [0.717, 1.165) is 16.3 Å². The molecule has 3 heteroatoms. The maximum absolute atomic E-state index is 6.71. The summed E-state index contributed by atoms with van der Waals surface area (Å²) < 4.78 is 0. The monoisotopic (exact) mass is 364 g/mol. The first-order valence-electron chi connectivity index (χ1n) is 8.76. The fourth-order valence-corrected chi connectivity index (χ4v) is 3.47. The zero-order valence-electron chi connectivity index (χ0n) is 15.8. The molecule has 26 heavy (non-hydrogen) atoms. The summed E-state index contributed by atoms with van der Waals surface area (Å²) in [6.45, 7) is 0. The van der Waals surface area contributed by atoms with Gasteiger partial charge in [0, 0.05) is 50.5 Å². The van der Waals surface area contributed by atoms with Crippen LogP contribution in [-0.2, 0) is 0 Å². The van der Waals surface area contributed by atoms with Gasteiger partial charge >= 0.3 is 0 Å². The fraction of sp³-hybridized carbons (Fsp3) is 0.217. The number of halogens is 1. The maximum atomic E-state index is 6.71. The average Bonchev–Trinajstić information content (AvgIpc) is 2.64. The molecule has 0 spiro atoms. The van der Waals surface area contributed by atoms with Gasteiger partial charge in [0.1, 0.15) is 0 Å². The Morgan fingerprint density at radius 2 is 1.19 bits per heavy atom. The summed E-state index contributed by atoms with van der Waals surface area (Å²) in [4.78, 5) is 4.18. The van der Waals surface area contributed by atoms with Crippen LogP contribution in [0.3, 0.4) is 0 Å². The molecule has 134 valence electrons. The highest BCUT2D eigenvalue weighted by Crippen LogP contribution is 2.37. The van der Waals surface area contributed by atoms with Crippen molar-refractivity contribution >= 4 is 23.0 Å². The van der Waals surface area contributed by atoms with E-state index in [1.54, 1.807) is 0 Å². The molecule has 0 aromatic heterocycles. The highest BCUT2D eigenvalue weighted by atomic mass is 35.5. The van der Waals surface area contributed by atoms with Crippen LogP contribution in [0.1, 0.15) is 22.6 Å². The van der Waals surface area contributed by atoms with Crippen LogP contribution in [0.4, 0.5) is 11.4 Å². The van der Waals surface area contributed by atoms with Gasteiger partial charge in [-0.3, -0.25) is 0 Å². The number of benzene rings is 3. The molecular weight excluding hydrogens is 340 g/mol. The molecule has 1 atom stereocenters. The van der Waals surface area contributed by atoms with Crippen molar-refractivity contribution in [2.24, 2.45) is 0 Å². The molecule has 0 amide bonds. The van der Waals surface area contributed by atoms with Gasteiger partial charge < -0.3 is 9.80 Å². The van der Waals surface area contributed by atoms with Gasteiger partial charge in [-0.2, -0.15) is 0 Å². The average molecular weight is 365 g/mol. The van der Waals surface area contributed by atoms with Crippen molar-refractivity contribution in [2.45, 2.75) is 5.92 Å². The molecule has 0 aliphatic carbocycles. The molecule has 3 aromatic carbocycles. The number of hydrogen-bond acceptors (Lipinski definition) is 2. The molecule has 0 bridgehead atoms. The Kier molecular flexibility index (Phi) is 5.53. The predicted molar refractivity (Wildman–Crippen MR) is 114 cm³/mol.